The van der Waals surface area contributed by atoms with Gasteiger partial charge in [0.2, 0.25) is 0 Å². The van der Waals surface area contributed by atoms with Crippen LogP contribution >= 0.6 is 11.6 Å². The molecule has 0 atom stereocenters. The summed E-state index contributed by atoms with van der Waals surface area (Å²) in [7, 11) is 0. The highest BCUT2D eigenvalue weighted by atomic mass is 35.5. The number of nitrogens with zero attached hydrogens (tertiary/aromatic N) is 1. The normalized spacial score (nSPS) is 12.9. The summed E-state index contributed by atoms with van der Waals surface area (Å²) in [6.07, 6.45) is 0. The van der Waals surface area contributed by atoms with Gasteiger partial charge in [0.25, 0.3) is 11.8 Å². The molecule has 0 radical (unpaired) electrons. The van der Waals surface area contributed by atoms with E-state index in [0.29, 0.717) is 28.6 Å². The van der Waals surface area contributed by atoms with E-state index in [1.807, 2.05) is 42.5 Å². The smallest absolute Gasteiger partial charge is 0.265 e. The minimum atomic E-state index is -0.243. The molecule has 6 heteroatoms. The molecule has 3 aromatic carbocycles. The van der Waals surface area contributed by atoms with Crippen LogP contribution in [0.5, 0.6) is 5.75 Å². The average molecular weight is 393 g/mol. The number of fused-ring (bicyclic) bond motifs is 1. The monoisotopic (exact) mass is 392 g/mol. The van der Waals surface area contributed by atoms with Gasteiger partial charge in [-0.1, -0.05) is 48.0 Å². The fraction of sp³-hybridized carbons (Fsp3) is 0.0909. The zero-order chi connectivity index (χ0) is 19.5. The summed E-state index contributed by atoms with van der Waals surface area (Å²) in [4.78, 5) is 26.4. The molecule has 140 valence electrons. The van der Waals surface area contributed by atoms with Crippen molar-refractivity contribution in [2.24, 2.45) is 0 Å². The van der Waals surface area contributed by atoms with Crippen molar-refractivity contribution < 1.29 is 14.3 Å². The lowest BCUT2D eigenvalue weighted by molar-refractivity contribution is -0.121. The summed E-state index contributed by atoms with van der Waals surface area (Å²) in [5.41, 5.74) is 2.74. The molecule has 1 N–H and O–H groups in total. The van der Waals surface area contributed by atoms with E-state index in [4.69, 9.17) is 16.3 Å². The van der Waals surface area contributed by atoms with E-state index < -0.39 is 0 Å². The van der Waals surface area contributed by atoms with Crippen LogP contribution in [-0.4, -0.2) is 18.4 Å². The number of hydrogen-bond donors (Lipinski definition) is 1. The molecule has 0 saturated heterocycles. The Labute approximate surface area is 167 Å². The maximum absolute atomic E-state index is 12.4. The summed E-state index contributed by atoms with van der Waals surface area (Å²) in [5.74, 6) is 0.351. The second-order valence-electron chi connectivity index (χ2n) is 6.37. The van der Waals surface area contributed by atoms with Gasteiger partial charge in [-0.2, -0.15) is 0 Å². The Bertz CT molecular complexity index is 1030. The molecule has 0 aliphatic carbocycles. The quantitative estimate of drug-likeness (QED) is 0.710. The second-order valence-corrected chi connectivity index (χ2v) is 6.77. The minimum absolute atomic E-state index is 0.0232. The maximum atomic E-state index is 12.4. The molecule has 5 nitrogen and oxygen atoms in total. The Morgan fingerprint density at radius 3 is 2.50 bits per heavy atom. The fourth-order valence-corrected chi connectivity index (χ4v) is 3.21. The van der Waals surface area contributed by atoms with Crippen molar-refractivity contribution in [1.82, 2.24) is 0 Å². The largest absolute Gasteiger partial charge is 0.482 e. The molecule has 0 unspecified atom stereocenters. The molecule has 0 bridgehead atoms. The number of para-hydroxylation sites is 3. The second kappa shape index (κ2) is 7.74. The van der Waals surface area contributed by atoms with Gasteiger partial charge in [0.15, 0.2) is 6.61 Å². The van der Waals surface area contributed by atoms with Crippen molar-refractivity contribution in [1.29, 1.82) is 0 Å². The van der Waals surface area contributed by atoms with Crippen molar-refractivity contribution in [3.05, 3.63) is 88.9 Å². The Morgan fingerprint density at radius 2 is 1.71 bits per heavy atom. The number of halogens is 1. The van der Waals surface area contributed by atoms with E-state index in [2.05, 4.69) is 5.32 Å². The molecule has 0 fully saturated rings. The fourth-order valence-electron chi connectivity index (χ4n) is 3.03. The van der Waals surface area contributed by atoms with Crippen LogP contribution in [0.3, 0.4) is 0 Å². The molecule has 1 heterocycles. The van der Waals surface area contributed by atoms with Crippen LogP contribution in [0.15, 0.2) is 72.8 Å². The molecule has 0 aromatic heterocycles. The molecule has 28 heavy (non-hydrogen) atoms. The number of benzene rings is 3. The van der Waals surface area contributed by atoms with E-state index in [1.54, 1.807) is 35.2 Å². The third-order valence-electron chi connectivity index (χ3n) is 4.49. The Hall–Kier alpha value is -3.31. The van der Waals surface area contributed by atoms with E-state index in [1.165, 1.54) is 0 Å². The molecule has 0 spiro atoms. The molecule has 3 aromatic rings. The van der Waals surface area contributed by atoms with Gasteiger partial charge in [0.05, 0.1) is 22.9 Å². The molecule has 1 aliphatic heterocycles. The maximum Gasteiger partial charge on any atom is 0.265 e. The van der Waals surface area contributed by atoms with E-state index in [-0.39, 0.29) is 18.4 Å². The van der Waals surface area contributed by atoms with Crippen molar-refractivity contribution in [2.45, 2.75) is 6.54 Å². The number of anilines is 2. The Balaban J connectivity index is 1.49. The van der Waals surface area contributed by atoms with E-state index in [9.17, 15) is 9.59 Å². The highest BCUT2D eigenvalue weighted by Crippen LogP contribution is 2.32. The number of carbonyl (C=O) groups is 2. The van der Waals surface area contributed by atoms with Gasteiger partial charge in [-0.15, -0.1) is 0 Å². The number of nitrogens with one attached hydrogen (secondary N) is 1. The summed E-state index contributed by atoms with van der Waals surface area (Å²) in [6.45, 7) is 0.432. The third-order valence-corrected chi connectivity index (χ3v) is 4.82. The number of hydrogen-bond acceptors (Lipinski definition) is 3. The van der Waals surface area contributed by atoms with Gasteiger partial charge in [0.1, 0.15) is 5.75 Å². The van der Waals surface area contributed by atoms with E-state index >= 15 is 0 Å². The predicted molar refractivity (Wildman–Crippen MR) is 109 cm³/mol. The summed E-state index contributed by atoms with van der Waals surface area (Å²) in [5, 5.41) is 3.28. The lowest BCUT2D eigenvalue weighted by atomic mass is 10.1. The van der Waals surface area contributed by atoms with Crippen LogP contribution in [0.2, 0.25) is 5.02 Å². The number of carbonyl (C=O) groups excluding carboxylic acids is 2. The molecule has 1 aliphatic rings. The summed E-state index contributed by atoms with van der Waals surface area (Å²) >= 11 is 6.08. The van der Waals surface area contributed by atoms with Crippen molar-refractivity contribution in [2.75, 3.05) is 16.8 Å². The Morgan fingerprint density at radius 1 is 1.00 bits per heavy atom. The van der Waals surface area contributed by atoms with Gasteiger partial charge in [0, 0.05) is 5.56 Å². The average Bonchev–Trinajstić information content (AvgIpc) is 2.72. The number of amides is 2. The standard InChI is InChI=1S/C22H17ClN2O3/c23-17-5-1-2-6-18(17)24-22(27)16-11-9-15(10-12-16)13-25-19-7-3-4-8-20(19)28-14-21(25)26/h1-12H,13-14H2,(H,24,27). The van der Waals surface area contributed by atoms with Crippen molar-refractivity contribution >= 4 is 34.8 Å². The summed E-state index contributed by atoms with van der Waals surface area (Å²) in [6, 6.07) is 21.7. The topological polar surface area (TPSA) is 58.6 Å². The van der Waals surface area contributed by atoms with Crippen LogP contribution in [0.25, 0.3) is 0 Å². The molecular formula is C22H17ClN2O3. The van der Waals surface area contributed by atoms with Crippen molar-refractivity contribution in [3.8, 4) is 5.75 Å². The first-order valence-electron chi connectivity index (χ1n) is 8.79. The predicted octanol–water partition coefficient (Wildman–Crippen LogP) is 4.52. The SMILES string of the molecule is O=C(Nc1ccccc1Cl)c1ccc(CN2C(=O)COc3ccccc32)cc1. The zero-order valence-electron chi connectivity index (χ0n) is 14.9. The van der Waals surface area contributed by atoms with Crippen molar-refractivity contribution in [3.63, 3.8) is 0 Å². The van der Waals surface area contributed by atoms with Crippen LogP contribution in [0, 0.1) is 0 Å². The zero-order valence-corrected chi connectivity index (χ0v) is 15.6. The number of rotatable bonds is 4. The molecular weight excluding hydrogens is 376 g/mol. The first kappa shape index (κ1) is 18.1. The highest BCUT2D eigenvalue weighted by Gasteiger charge is 2.25. The molecule has 0 saturated carbocycles. The van der Waals surface area contributed by atoms with E-state index in [0.717, 1.165) is 11.3 Å². The lowest BCUT2D eigenvalue weighted by Gasteiger charge is -2.29. The first-order chi connectivity index (χ1) is 13.6. The van der Waals surface area contributed by atoms with Gasteiger partial charge in [-0.25, -0.2) is 0 Å². The van der Waals surface area contributed by atoms with Gasteiger partial charge in [-0.3, -0.25) is 9.59 Å². The van der Waals surface area contributed by atoms with Crippen LogP contribution < -0.4 is 15.0 Å². The van der Waals surface area contributed by atoms with Gasteiger partial charge < -0.3 is 15.0 Å². The van der Waals surface area contributed by atoms with Crippen LogP contribution in [-0.2, 0) is 11.3 Å². The summed E-state index contributed by atoms with van der Waals surface area (Å²) < 4.78 is 5.47. The van der Waals surface area contributed by atoms with Gasteiger partial charge in [-0.05, 0) is 42.0 Å². The van der Waals surface area contributed by atoms with Crippen LogP contribution in [0.4, 0.5) is 11.4 Å². The molecule has 2 amide bonds. The van der Waals surface area contributed by atoms with Crippen LogP contribution in [0.1, 0.15) is 15.9 Å². The minimum Gasteiger partial charge on any atom is -0.482 e. The third kappa shape index (κ3) is 3.70. The highest BCUT2D eigenvalue weighted by molar-refractivity contribution is 6.33. The Kier molecular flexibility index (Phi) is 5.00. The van der Waals surface area contributed by atoms with Gasteiger partial charge >= 0.3 is 0 Å². The lowest BCUT2D eigenvalue weighted by Crippen LogP contribution is -2.38. The molecule has 4 rings (SSSR count). The number of ether oxygens (including phenoxy) is 1. The first-order valence-corrected chi connectivity index (χ1v) is 9.16.